The number of nitrogens with one attached hydrogen (secondary N) is 2. The molecule has 1 aromatic carbocycles. The Balaban J connectivity index is 2.62. The van der Waals surface area contributed by atoms with Crippen LogP contribution >= 0.6 is 0 Å². The summed E-state index contributed by atoms with van der Waals surface area (Å²) in [5.41, 5.74) is 0.505. The van der Waals surface area contributed by atoms with Crippen molar-refractivity contribution in [1.82, 2.24) is 5.32 Å². The molecule has 1 rings (SSSR count). The third kappa shape index (κ3) is 3.24. The van der Waals surface area contributed by atoms with E-state index in [-0.39, 0.29) is 18.0 Å². The van der Waals surface area contributed by atoms with Crippen LogP contribution in [0.3, 0.4) is 0 Å². The Kier molecular flexibility index (Phi) is 4.28. The minimum Gasteiger partial charge on any atom is -0.376 e. The SMILES string of the molecule is CCNC(=O)CNc1ccc(F)c(C#N)c1. The van der Waals surface area contributed by atoms with E-state index < -0.39 is 5.82 Å². The molecule has 0 aliphatic heterocycles. The lowest BCUT2D eigenvalue weighted by molar-refractivity contribution is -0.119. The zero-order chi connectivity index (χ0) is 12.0. The van der Waals surface area contributed by atoms with Crippen molar-refractivity contribution in [2.24, 2.45) is 0 Å². The Morgan fingerprint density at radius 2 is 2.31 bits per heavy atom. The molecule has 5 heteroatoms. The van der Waals surface area contributed by atoms with Crippen LogP contribution in [0, 0.1) is 17.1 Å². The smallest absolute Gasteiger partial charge is 0.239 e. The fourth-order valence-electron chi connectivity index (χ4n) is 1.16. The number of carbonyl (C=O) groups excluding carboxylic acids is 1. The van der Waals surface area contributed by atoms with Crippen LogP contribution in [0.25, 0.3) is 0 Å². The molecule has 0 saturated carbocycles. The number of hydrogen-bond donors (Lipinski definition) is 2. The van der Waals surface area contributed by atoms with Gasteiger partial charge in [-0.2, -0.15) is 5.26 Å². The molecule has 0 atom stereocenters. The van der Waals surface area contributed by atoms with Crippen LogP contribution < -0.4 is 10.6 Å². The highest BCUT2D eigenvalue weighted by Gasteiger charge is 2.03. The summed E-state index contributed by atoms with van der Waals surface area (Å²) in [6.07, 6.45) is 0. The number of amides is 1. The van der Waals surface area contributed by atoms with E-state index in [0.717, 1.165) is 0 Å². The number of halogens is 1. The van der Waals surface area contributed by atoms with Crippen LogP contribution in [0.2, 0.25) is 0 Å². The normalized spacial score (nSPS) is 9.31. The predicted octanol–water partition coefficient (Wildman–Crippen LogP) is 1.25. The standard InChI is InChI=1S/C11H12FN3O/c1-2-14-11(16)7-15-9-3-4-10(12)8(5-9)6-13/h3-5,15H,2,7H2,1H3,(H,14,16). The zero-order valence-corrected chi connectivity index (χ0v) is 8.88. The van der Waals surface area contributed by atoms with E-state index in [4.69, 9.17) is 5.26 Å². The fraction of sp³-hybridized carbons (Fsp3) is 0.273. The molecule has 0 aromatic heterocycles. The Hall–Kier alpha value is -2.09. The van der Waals surface area contributed by atoms with Gasteiger partial charge in [-0.15, -0.1) is 0 Å². The second kappa shape index (κ2) is 5.71. The van der Waals surface area contributed by atoms with Gasteiger partial charge in [0.15, 0.2) is 0 Å². The Morgan fingerprint density at radius 1 is 1.56 bits per heavy atom. The van der Waals surface area contributed by atoms with Crippen molar-refractivity contribution in [2.75, 3.05) is 18.4 Å². The first-order chi connectivity index (χ1) is 7.67. The molecule has 0 spiro atoms. The van der Waals surface area contributed by atoms with Crippen molar-refractivity contribution in [3.05, 3.63) is 29.6 Å². The van der Waals surface area contributed by atoms with Gasteiger partial charge < -0.3 is 10.6 Å². The molecule has 1 amide bonds. The zero-order valence-electron chi connectivity index (χ0n) is 8.88. The van der Waals surface area contributed by atoms with E-state index in [1.807, 2.05) is 6.92 Å². The lowest BCUT2D eigenvalue weighted by Crippen LogP contribution is -2.29. The maximum Gasteiger partial charge on any atom is 0.239 e. The first kappa shape index (κ1) is 12.0. The topological polar surface area (TPSA) is 64.9 Å². The first-order valence-electron chi connectivity index (χ1n) is 4.87. The minimum absolute atomic E-state index is 0.0408. The molecule has 0 unspecified atom stereocenters. The molecule has 16 heavy (non-hydrogen) atoms. The van der Waals surface area contributed by atoms with Gasteiger partial charge in [0.1, 0.15) is 11.9 Å². The van der Waals surface area contributed by atoms with Crippen molar-refractivity contribution in [1.29, 1.82) is 5.26 Å². The fourth-order valence-corrected chi connectivity index (χ4v) is 1.16. The highest BCUT2D eigenvalue weighted by molar-refractivity contribution is 5.80. The van der Waals surface area contributed by atoms with Crippen molar-refractivity contribution >= 4 is 11.6 Å². The largest absolute Gasteiger partial charge is 0.376 e. The average molecular weight is 221 g/mol. The summed E-state index contributed by atoms with van der Waals surface area (Å²) in [5.74, 6) is -0.712. The highest BCUT2D eigenvalue weighted by Crippen LogP contribution is 2.13. The average Bonchev–Trinajstić information content (AvgIpc) is 2.28. The van der Waals surface area contributed by atoms with Gasteiger partial charge in [-0.1, -0.05) is 0 Å². The number of benzene rings is 1. The number of likely N-dealkylation sites (N-methyl/N-ethyl adjacent to an activating group) is 1. The second-order valence-corrected chi connectivity index (χ2v) is 3.11. The van der Waals surface area contributed by atoms with E-state index in [1.54, 1.807) is 6.07 Å². The third-order valence-corrected chi connectivity index (χ3v) is 1.91. The Labute approximate surface area is 93.1 Å². The van der Waals surface area contributed by atoms with Crippen LogP contribution in [0.4, 0.5) is 10.1 Å². The molecule has 0 fully saturated rings. The maximum atomic E-state index is 13.0. The van der Waals surface area contributed by atoms with Gasteiger partial charge in [-0.3, -0.25) is 4.79 Å². The molecule has 4 nitrogen and oxygen atoms in total. The summed E-state index contributed by atoms with van der Waals surface area (Å²) in [4.78, 5) is 11.1. The van der Waals surface area contributed by atoms with E-state index >= 15 is 0 Å². The van der Waals surface area contributed by atoms with Crippen molar-refractivity contribution in [3.8, 4) is 6.07 Å². The van der Waals surface area contributed by atoms with Crippen LogP contribution in [0.1, 0.15) is 12.5 Å². The van der Waals surface area contributed by atoms with Gasteiger partial charge in [0.05, 0.1) is 12.1 Å². The van der Waals surface area contributed by atoms with Crippen LogP contribution in [-0.4, -0.2) is 19.0 Å². The van der Waals surface area contributed by atoms with Crippen LogP contribution in [-0.2, 0) is 4.79 Å². The molecule has 0 bridgehead atoms. The molecule has 84 valence electrons. The van der Waals surface area contributed by atoms with Crippen LogP contribution in [0.15, 0.2) is 18.2 Å². The molecule has 0 heterocycles. The lowest BCUT2D eigenvalue weighted by atomic mass is 10.2. The second-order valence-electron chi connectivity index (χ2n) is 3.11. The molecule has 0 aliphatic carbocycles. The van der Waals surface area contributed by atoms with Crippen molar-refractivity contribution in [2.45, 2.75) is 6.92 Å². The number of nitriles is 1. The molecule has 0 aliphatic rings. The lowest BCUT2D eigenvalue weighted by Gasteiger charge is -2.06. The number of carbonyl (C=O) groups is 1. The maximum absolute atomic E-state index is 13.0. The molecular weight excluding hydrogens is 209 g/mol. The summed E-state index contributed by atoms with van der Waals surface area (Å²) in [6.45, 7) is 2.49. The molecular formula is C11H12FN3O. The van der Waals surface area contributed by atoms with E-state index in [9.17, 15) is 9.18 Å². The van der Waals surface area contributed by atoms with Gasteiger partial charge >= 0.3 is 0 Å². The summed E-state index contributed by atoms with van der Waals surface area (Å²) in [5, 5.41) is 14.0. The first-order valence-corrected chi connectivity index (χ1v) is 4.87. The van der Waals surface area contributed by atoms with Crippen molar-refractivity contribution < 1.29 is 9.18 Å². The highest BCUT2D eigenvalue weighted by atomic mass is 19.1. The predicted molar refractivity (Wildman–Crippen MR) is 58.3 cm³/mol. The number of nitrogens with zero attached hydrogens (tertiary/aromatic N) is 1. The quantitative estimate of drug-likeness (QED) is 0.804. The van der Waals surface area contributed by atoms with Gasteiger partial charge in [0.2, 0.25) is 5.91 Å². The number of anilines is 1. The summed E-state index contributed by atoms with van der Waals surface area (Å²) in [6, 6.07) is 5.78. The Morgan fingerprint density at radius 3 is 2.94 bits per heavy atom. The van der Waals surface area contributed by atoms with Crippen LogP contribution in [0.5, 0.6) is 0 Å². The summed E-state index contributed by atoms with van der Waals surface area (Å²) in [7, 11) is 0. The van der Waals surface area contributed by atoms with Gasteiger partial charge in [-0.25, -0.2) is 4.39 Å². The van der Waals surface area contributed by atoms with E-state index in [2.05, 4.69) is 10.6 Å². The van der Waals surface area contributed by atoms with Crippen molar-refractivity contribution in [3.63, 3.8) is 0 Å². The van der Waals surface area contributed by atoms with E-state index in [0.29, 0.717) is 12.2 Å². The van der Waals surface area contributed by atoms with E-state index in [1.165, 1.54) is 18.2 Å². The van der Waals surface area contributed by atoms with Gasteiger partial charge in [-0.05, 0) is 25.1 Å². The van der Waals surface area contributed by atoms with Gasteiger partial charge in [0, 0.05) is 12.2 Å². The third-order valence-electron chi connectivity index (χ3n) is 1.91. The molecule has 1 aromatic rings. The molecule has 2 N–H and O–H groups in total. The molecule has 0 saturated heterocycles. The summed E-state index contributed by atoms with van der Waals surface area (Å²) < 4.78 is 13.0. The number of hydrogen-bond acceptors (Lipinski definition) is 3. The minimum atomic E-state index is -0.564. The monoisotopic (exact) mass is 221 g/mol. The summed E-state index contributed by atoms with van der Waals surface area (Å²) >= 11 is 0. The molecule has 0 radical (unpaired) electrons. The van der Waals surface area contributed by atoms with Gasteiger partial charge in [0.25, 0.3) is 0 Å². The Bertz CT molecular complexity index is 426. The number of rotatable bonds is 4.